The second kappa shape index (κ2) is 7.03. The zero-order chi connectivity index (χ0) is 15.4. The quantitative estimate of drug-likeness (QED) is 0.927. The number of likely N-dealkylation sites (tertiary alicyclic amines) is 1. The minimum atomic E-state index is -0.251. The van der Waals surface area contributed by atoms with Crippen molar-refractivity contribution in [3.8, 4) is 0 Å². The minimum Gasteiger partial charge on any atom is -0.338 e. The molecule has 3 atom stereocenters. The lowest BCUT2D eigenvalue weighted by Gasteiger charge is -2.39. The van der Waals surface area contributed by atoms with Gasteiger partial charge in [0, 0.05) is 25.0 Å². The Morgan fingerprint density at radius 1 is 1.52 bits per heavy atom. The van der Waals surface area contributed by atoms with Gasteiger partial charge in [-0.2, -0.15) is 0 Å². The van der Waals surface area contributed by atoms with Crippen LogP contribution in [-0.2, 0) is 11.2 Å². The Kier molecular flexibility index (Phi) is 5.34. The van der Waals surface area contributed by atoms with E-state index in [4.69, 9.17) is 5.73 Å². The molecule has 2 rings (SSSR count). The molecular formula is C17H25FN2O. The van der Waals surface area contributed by atoms with Gasteiger partial charge in [0.25, 0.3) is 0 Å². The van der Waals surface area contributed by atoms with Crippen LogP contribution in [0.25, 0.3) is 0 Å². The summed E-state index contributed by atoms with van der Waals surface area (Å²) in [6.07, 6.45) is 2.59. The van der Waals surface area contributed by atoms with Gasteiger partial charge in [-0.3, -0.25) is 4.79 Å². The van der Waals surface area contributed by atoms with Crippen molar-refractivity contribution in [2.75, 3.05) is 13.1 Å². The fourth-order valence-electron chi connectivity index (χ4n) is 3.15. The van der Waals surface area contributed by atoms with Crippen molar-refractivity contribution in [2.24, 2.45) is 17.6 Å². The second-order valence-corrected chi connectivity index (χ2v) is 6.29. The molecule has 1 aliphatic heterocycles. The third kappa shape index (κ3) is 4.03. The number of amides is 1. The van der Waals surface area contributed by atoms with Crippen molar-refractivity contribution < 1.29 is 9.18 Å². The van der Waals surface area contributed by atoms with Gasteiger partial charge in [-0.1, -0.05) is 26.0 Å². The lowest BCUT2D eigenvalue weighted by molar-refractivity contribution is -0.139. The third-order valence-corrected chi connectivity index (χ3v) is 4.39. The molecular weight excluding hydrogens is 267 g/mol. The maximum Gasteiger partial charge on any atom is 0.226 e. The molecule has 1 aromatic rings. The summed E-state index contributed by atoms with van der Waals surface area (Å²) in [4.78, 5) is 14.6. The van der Waals surface area contributed by atoms with Gasteiger partial charge in [0.1, 0.15) is 5.82 Å². The van der Waals surface area contributed by atoms with E-state index in [0.29, 0.717) is 18.9 Å². The van der Waals surface area contributed by atoms with Gasteiger partial charge in [0.15, 0.2) is 0 Å². The smallest absolute Gasteiger partial charge is 0.226 e. The van der Waals surface area contributed by atoms with E-state index in [1.807, 2.05) is 17.9 Å². The highest BCUT2D eigenvalue weighted by Gasteiger charge is 2.31. The Balaban J connectivity index is 2.01. The van der Waals surface area contributed by atoms with Gasteiger partial charge in [-0.15, -0.1) is 0 Å². The number of carbonyl (C=O) groups excluding carboxylic acids is 1. The van der Waals surface area contributed by atoms with Crippen LogP contribution in [0, 0.1) is 17.7 Å². The van der Waals surface area contributed by atoms with Crippen molar-refractivity contribution in [3.05, 3.63) is 35.6 Å². The van der Waals surface area contributed by atoms with E-state index >= 15 is 0 Å². The first kappa shape index (κ1) is 16.0. The van der Waals surface area contributed by atoms with Gasteiger partial charge >= 0.3 is 0 Å². The monoisotopic (exact) mass is 292 g/mol. The Morgan fingerprint density at radius 3 is 2.95 bits per heavy atom. The van der Waals surface area contributed by atoms with Crippen molar-refractivity contribution in [3.63, 3.8) is 0 Å². The second-order valence-electron chi connectivity index (χ2n) is 6.29. The van der Waals surface area contributed by atoms with E-state index in [1.165, 1.54) is 12.1 Å². The summed E-state index contributed by atoms with van der Waals surface area (Å²) < 4.78 is 13.2. The summed E-state index contributed by atoms with van der Waals surface area (Å²) in [5, 5.41) is 0. The van der Waals surface area contributed by atoms with Crippen LogP contribution < -0.4 is 5.73 Å². The Bertz CT molecular complexity index is 491. The first-order valence-corrected chi connectivity index (χ1v) is 7.76. The summed E-state index contributed by atoms with van der Waals surface area (Å²) in [5.41, 5.74) is 6.69. The van der Waals surface area contributed by atoms with E-state index in [0.717, 1.165) is 24.9 Å². The normalized spacial score (nSPS) is 23.9. The molecule has 3 unspecified atom stereocenters. The molecule has 1 aliphatic rings. The number of nitrogens with two attached hydrogens (primary N) is 1. The first-order chi connectivity index (χ1) is 10.0. The van der Waals surface area contributed by atoms with Gasteiger partial charge in [0.2, 0.25) is 5.91 Å². The number of nitrogens with zero attached hydrogens (tertiary/aromatic N) is 1. The maximum atomic E-state index is 13.2. The summed E-state index contributed by atoms with van der Waals surface area (Å²) in [6.45, 7) is 5.43. The average molecular weight is 292 g/mol. The van der Waals surface area contributed by atoms with E-state index < -0.39 is 0 Å². The van der Waals surface area contributed by atoms with Gasteiger partial charge in [-0.05, 0) is 42.9 Å². The number of hydrogen-bond donors (Lipinski definition) is 1. The van der Waals surface area contributed by atoms with Crippen LogP contribution in [-0.4, -0.2) is 29.9 Å². The predicted octanol–water partition coefficient (Wildman–Crippen LogP) is 2.59. The van der Waals surface area contributed by atoms with Gasteiger partial charge in [0.05, 0.1) is 0 Å². The number of carbonyl (C=O) groups is 1. The molecule has 1 aromatic carbocycles. The fraction of sp³-hybridized carbons (Fsp3) is 0.588. The molecule has 3 nitrogen and oxygen atoms in total. The highest BCUT2D eigenvalue weighted by molar-refractivity contribution is 5.79. The van der Waals surface area contributed by atoms with E-state index in [1.54, 1.807) is 6.07 Å². The average Bonchev–Trinajstić information content (AvgIpc) is 2.46. The molecule has 1 amide bonds. The fourth-order valence-corrected chi connectivity index (χ4v) is 3.15. The number of halogens is 1. The Morgan fingerprint density at radius 2 is 2.29 bits per heavy atom. The molecule has 2 N–H and O–H groups in total. The molecule has 21 heavy (non-hydrogen) atoms. The van der Waals surface area contributed by atoms with Crippen molar-refractivity contribution in [1.82, 2.24) is 4.90 Å². The summed E-state index contributed by atoms with van der Waals surface area (Å²) in [6, 6.07) is 6.63. The highest BCUT2D eigenvalue weighted by Crippen LogP contribution is 2.24. The topological polar surface area (TPSA) is 46.3 Å². The van der Waals surface area contributed by atoms with Crippen LogP contribution in [0.4, 0.5) is 4.39 Å². The maximum absolute atomic E-state index is 13.2. The molecule has 1 fully saturated rings. The zero-order valence-corrected chi connectivity index (χ0v) is 12.9. The van der Waals surface area contributed by atoms with Crippen molar-refractivity contribution in [2.45, 2.75) is 39.2 Å². The summed E-state index contributed by atoms with van der Waals surface area (Å²) in [7, 11) is 0. The van der Waals surface area contributed by atoms with Crippen LogP contribution in [0.5, 0.6) is 0 Å². The van der Waals surface area contributed by atoms with E-state index in [9.17, 15) is 9.18 Å². The van der Waals surface area contributed by atoms with E-state index in [2.05, 4.69) is 6.92 Å². The number of hydrogen-bond acceptors (Lipinski definition) is 2. The molecule has 1 heterocycles. The standard InChI is InChI=1S/C17H25FN2O/c1-12-6-7-20(16(8-12)11-19)17(21)13(2)9-14-4-3-5-15(18)10-14/h3-5,10,12-13,16H,6-9,11,19H2,1-2H3. The first-order valence-electron chi connectivity index (χ1n) is 7.76. The van der Waals surface area contributed by atoms with Gasteiger partial charge < -0.3 is 10.6 Å². The largest absolute Gasteiger partial charge is 0.338 e. The Labute approximate surface area is 126 Å². The number of piperidine rings is 1. The van der Waals surface area contributed by atoms with Gasteiger partial charge in [-0.25, -0.2) is 4.39 Å². The van der Waals surface area contributed by atoms with Crippen LogP contribution in [0.15, 0.2) is 24.3 Å². The molecule has 0 aliphatic carbocycles. The third-order valence-electron chi connectivity index (χ3n) is 4.39. The lowest BCUT2D eigenvalue weighted by Crippen LogP contribution is -2.51. The molecule has 0 saturated carbocycles. The Hall–Kier alpha value is -1.42. The lowest BCUT2D eigenvalue weighted by atomic mass is 9.90. The molecule has 0 radical (unpaired) electrons. The summed E-state index contributed by atoms with van der Waals surface area (Å²) in [5.74, 6) is 0.371. The number of benzene rings is 1. The van der Waals surface area contributed by atoms with Crippen LogP contribution in [0.2, 0.25) is 0 Å². The molecule has 4 heteroatoms. The predicted molar refractivity (Wildman–Crippen MR) is 82.2 cm³/mol. The molecule has 116 valence electrons. The summed E-state index contributed by atoms with van der Waals surface area (Å²) >= 11 is 0. The molecule has 0 spiro atoms. The van der Waals surface area contributed by atoms with Crippen LogP contribution in [0.1, 0.15) is 32.3 Å². The molecule has 1 saturated heterocycles. The van der Waals surface area contributed by atoms with Crippen LogP contribution >= 0.6 is 0 Å². The van der Waals surface area contributed by atoms with E-state index in [-0.39, 0.29) is 23.7 Å². The zero-order valence-electron chi connectivity index (χ0n) is 12.9. The van der Waals surface area contributed by atoms with Crippen molar-refractivity contribution >= 4 is 5.91 Å². The highest BCUT2D eigenvalue weighted by atomic mass is 19.1. The number of rotatable bonds is 4. The van der Waals surface area contributed by atoms with Crippen LogP contribution in [0.3, 0.4) is 0 Å². The van der Waals surface area contributed by atoms with Crippen molar-refractivity contribution in [1.29, 1.82) is 0 Å². The minimum absolute atomic E-state index is 0.140. The molecule has 0 bridgehead atoms. The SMILES string of the molecule is CC1CCN(C(=O)C(C)Cc2cccc(F)c2)C(CN)C1. The molecule has 0 aromatic heterocycles.